The number of hydrogen-bond donors (Lipinski definition) is 3. The van der Waals surface area contributed by atoms with Crippen molar-refractivity contribution in [3.05, 3.63) is 102 Å². The van der Waals surface area contributed by atoms with Crippen LogP contribution in [0.5, 0.6) is 5.75 Å². The number of rotatable bonds is 8. The van der Waals surface area contributed by atoms with Crippen molar-refractivity contribution in [1.82, 2.24) is 19.5 Å². The van der Waals surface area contributed by atoms with Crippen LogP contribution in [-0.2, 0) is 16.0 Å². The molecule has 6 rings (SSSR count). The van der Waals surface area contributed by atoms with Gasteiger partial charge in [-0.25, -0.2) is 13.7 Å². The number of amides is 3. The number of methoxy groups -OCH3 is 1. The van der Waals surface area contributed by atoms with Crippen molar-refractivity contribution in [2.24, 2.45) is 5.73 Å². The Kier molecular flexibility index (Phi) is 10.9. The van der Waals surface area contributed by atoms with E-state index in [1.807, 2.05) is 47.5 Å². The molecular formula is C37H40FN7O5. The van der Waals surface area contributed by atoms with Gasteiger partial charge in [-0.1, -0.05) is 24.3 Å². The second kappa shape index (κ2) is 15.5. The Morgan fingerprint density at radius 1 is 0.920 bits per heavy atom. The number of benzene rings is 3. The molecule has 50 heavy (non-hydrogen) atoms. The van der Waals surface area contributed by atoms with Crippen molar-refractivity contribution >= 4 is 40.9 Å². The number of nitrogens with one attached hydrogen (secondary N) is 2. The summed E-state index contributed by atoms with van der Waals surface area (Å²) in [5.74, 6) is 0.426. The molecule has 1 aliphatic rings. The van der Waals surface area contributed by atoms with Crippen LogP contribution >= 0.6 is 0 Å². The first kappa shape index (κ1) is 35.3. The predicted octanol–water partition coefficient (Wildman–Crippen LogP) is 6.59. The van der Waals surface area contributed by atoms with E-state index in [1.165, 1.54) is 12.1 Å². The number of nitrogens with two attached hydrogens (primary N) is 1. The first-order valence-electron chi connectivity index (χ1n) is 16.1. The second-order valence-corrected chi connectivity index (χ2v) is 12.7. The molecular weight excluding hydrogens is 641 g/mol. The molecule has 1 aliphatic heterocycles. The minimum absolute atomic E-state index is 0.0103. The van der Waals surface area contributed by atoms with Gasteiger partial charge in [0, 0.05) is 36.1 Å². The summed E-state index contributed by atoms with van der Waals surface area (Å²) in [7, 11) is 1.57. The van der Waals surface area contributed by atoms with Crippen LogP contribution in [0.25, 0.3) is 16.8 Å². The number of carbonyl (C=O) groups excluding carboxylic acids is 3. The Morgan fingerprint density at radius 3 is 2.22 bits per heavy atom. The van der Waals surface area contributed by atoms with E-state index < -0.39 is 11.7 Å². The van der Waals surface area contributed by atoms with Crippen LogP contribution in [0, 0.1) is 5.82 Å². The smallest absolute Gasteiger partial charge is 0.405 e. The Morgan fingerprint density at radius 2 is 1.60 bits per heavy atom. The summed E-state index contributed by atoms with van der Waals surface area (Å²) in [6.07, 6.45) is 3.39. The predicted molar refractivity (Wildman–Crippen MR) is 189 cm³/mol. The molecule has 0 aliphatic carbocycles. The number of ether oxygens (including phenoxy) is 2. The van der Waals surface area contributed by atoms with Crippen LogP contribution < -0.4 is 21.1 Å². The highest BCUT2D eigenvalue weighted by molar-refractivity contribution is 5.95. The maximum absolute atomic E-state index is 13.1. The molecule has 3 amide bonds. The van der Waals surface area contributed by atoms with Gasteiger partial charge < -0.3 is 30.7 Å². The molecule has 0 atom stereocenters. The number of primary amides is 1. The van der Waals surface area contributed by atoms with Gasteiger partial charge in [-0.15, -0.1) is 5.10 Å². The molecule has 260 valence electrons. The molecule has 0 unspecified atom stereocenters. The normalized spacial score (nSPS) is 12.5. The molecule has 5 aromatic rings. The van der Waals surface area contributed by atoms with Gasteiger partial charge in [-0.3, -0.25) is 9.59 Å². The molecule has 0 radical (unpaired) electrons. The van der Waals surface area contributed by atoms with Gasteiger partial charge in [0.25, 0.3) is 5.91 Å². The number of nitrogens with zero attached hydrogens (tertiary/aromatic N) is 4. The quantitative estimate of drug-likeness (QED) is 0.166. The Bertz CT molecular complexity index is 1970. The molecule has 4 N–H and O–H groups in total. The lowest BCUT2D eigenvalue weighted by molar-refractivity contribution is -0.115. The summed E-state index contributed by atoms with van der Waals surface area (Å²) in [4.78, 5) is 41.6. The zero-order valence-electron chi connectivity index (χ0n) is 28.4. The third kappa shape index (κ3) is 9.56. The van der Waals surface area contributed by atoms with E-state index >= 15 is 0 Å². The van der Waals surface area contributed by atoms with E-state index in [-0.39, 0.29) is 24.1 Å². The number of hydrogen-bond acceptors (Lipinski definition) is 8. The van der Waals surface area contributed by atoms with Crippen LogP contribution in [0.1, 0.15) is 49.5 Å². The molecule has 0 bridgehead atoms. The Hall–Kier alpha value is -5.98. The van der Waals surface area contributed by atoms with Crippen molar-refractivity contribution in [2.45, 2.75) is 45.6 Å². The maximum atomic E-state index is 13.1. The van der Waals surface area contributed by atoms with Crippen LogP contribution in [0.4, 0.5) is 26.5 Å². The van der Waals surface area contributed by atoms with Crippen LogP contribution in [0.3, 0.4) is 0 Å². The number of likely N-dealkylation sites (tertiary alicyclic amines) is 1. The van der Waals surface area contributed by atoms with Crippen molar-refractivity contribution in [3.8, 4) is 16.9 Å². The highest BCUT2D eigenvalue weighted by atomic mass is 19.1. The van der Waals surface area contributed by atoms with Crippen molar-refractivity contribution in [2.75, 3.05) is 30.8 Å². The van der Waals surface area contributed by atoms with Gasteiger partial charge in [-0.2, -0.15) is 4.98 Å². The van der Waals surface area contributed by atoms with E-state index in [9.17, 15) is 18.8 Å². The number of halogens is 1. The summed E-state index contributed by atoms with van der Waals surface area (Å²) in [6.45, 7) is 6.86. The van der Waals surface area contributed by atoms with E-state index in [0.29, 0.717) is 34.3 Å². The molecule has 3 aromatic carbocycles. The van der Waals surface area contributed by atoms with Gasteiger partial charge in [0.05, 0.1) is 19.2 Å². The number of anilines is 3. The average molecular weight is 682 g/mol. The summed E-state index contributed by atoms with van der Waals surface area (Å²) in [5.41, 5.74) is 9.44. The monoisotopic (exact) mass is 681 g/mol. The number of pyridine rings is 1. The van der Waals surface area contributed by atoms with Crippen LogP contribution in [0.2, 0.25) is 0 Å². The Labute approximate surface area is 289 Å². The standard InChI is InChI=1S/C32H29FN6O3.C5H11NO2/c1-42-28-19-23(31(41)38-16-2-3-17-38)8-14-27(28)35-32-36-29-15-9-24(20-39(29)37-32)22-6-12-26(13-7-22)34-30(40)18-21-4-10-25(33)11-5-21;1-5(2,3)8-4(6)7/h4-15,19-20H,2-3,16-18H2,1H3,(H,34,40)(H,35,37);1-3H3,(H2,6,7). The molecule has 2 aromatic heterocycles. The number of aromatic nitrogens is 3. The van der Waals surface area contributed by atoms with Crippen molar-refractivity contribution in [3.63, 3.8) is 0 Å². The van der Waals surface area contributed by atoms with Crippen molar-refractivity contribution in [1.29, 1.82) is 0 Å². The topological polar surface area (TPSA) is 153 Å². The minimum Gasteiger partial charge on any atom is -0.495 e. The molecule has 3 heterocycles. The summed E-state index contributed by atoms with van der Waals surface area (Å²) >= 11 is 0. The van der Waals surface area contributed by atoms with Gasteiger partial charge in [0.2, 0.25) is 11.9 Å². The second-order valence-electron chi connectivity index (χ2n) is 12.7. The Balaban J connectivity index is 0.000000544. The number of fused-ring (bicyclic) bond motifs is 1. The van der Waals surface area contributed by atoms with Gasteiger partial charge in [-0.05, 0) is 99.3 Å². The first-order chi connectivity index (χ1) is 23.9. The van der Waals surface area contributed by atoms with Gasteiger partial charge in [0.1, 0.15) is 17.2 Å². The van der Waals surface area contributed by atoms with Gasteiger partial charge >= 0.3 is 6.09 Å². The summed E-state index contributed by atoms with van der Waals surface area (Å²) in [6, 6.07) is 22.6. The molecule has 1 fully saturated rings. The minimum atomic E-state index is -0.725. The van der Waals surface area contributed by atoms with Gasteiger partial charge in [0.15, 0.2) is 5.65 Å². The fourth-order valence-corrected chi connectivity index (χ4v) is 5.30. The van der Waals surface area contributed by atoms with Crippen LogP contribution in [-0.4, -0.2) is 63.2 Å². The lowest BCUT2D eigenvalue weighted by Gasteiger charge is -2.16. The zero-order valence-corrected chi connectivity index (χ0v) is 28.4. The maximum Gasteiger partial charge on any atom is 0.405 e. The first-order valence-corrected chi connectivity index (χ1v) is 16.1. The lowest BCUT2D eigenvalue weighted by Crippen LogP contribution is -2.27. The molecule has 0 spiro atoms. The third-order valence-corrected chi connectivity index (χ3v) is 7.61. The molecule has 0 saturated carbocycles. The molecule has 1 saturated heterocycles. The largest absolute Gasteiger partial charge is 0.495 e. The highest BCUT2D eigenvalue weighted by Crippen LogP contribution is 2.29. The SMILES string of the molecule is CC(C)(C)OC(N)=O.COc1cc(C(=O)N2CCCC2)ccc1Nc1nc2ccc(-c3ccc(NC(=O)Cc4ccc(F)cc4)cc3)cn2n1. The van der Waals surface area contributed by atoms with Crippen molar-refractivity contribution < 1.29 is 28.2 Å². The fourth-order valence-electron chi connectivity index (χ4n) is 5.30. The van der Waals surface area contributed by atoms with E-state index in [4.69, 9.17) is 10.5 Å². The lowest BCUT2D eigenvalue weighted by atomic mass is 10.1. The van der Waals surface area contributed by atoms with E-state index in [2.05, 4.69) is 25.5 Å². The summed E-state index contributed by atoms with van der Waals surface area (Å²) < 4.78 is 24.9. The van der Waals surface area contributed by atoms with E-state index in [0.717, 1.165) is 42.6 Å². The van der Waals surface area contributed by atoms with Crippen LogP contribution in [0.15, 0.2) is 85.1 Å². The average Bonchev–Trinajstić information content (AvgIpc) is 3.75. The third-order valence-electron chi connectivity index (χ3n) is 7.61. The highest BCUT2D eigenvalue weighted by Gasteiger charge is 2.21. The van der Waals surface area contributed by atoms with E-state index in [1.54, 1.807) is 62.7 Å². The molecule has 12 nitrogen and oxygen atoms in total. The fraction of sp³-hybridized carbons (Fsp3) is 0.270. The zero-order chi connectivity index (χ0) is 35.8. The number of carbonyl (C=O) groups is 3. The molecule has 13 heteroatoms. The summed E-state index contributed by atoms with van der Waals surface area (Å²) in [5, 5.41) is 10.7.